The molecule has 2 aromatic rings. The second-order valence-corrected chi connectivity index (χ2v) is 7.99. The third kappa shape index (κ3) is 3.72. The molecule has 2 aliphatic rings. The van der Waals surface area contributed by atoms with Crippen molar-refractivity contribution >= 4 is 40.7 Å². The minimum atomic E-state index is -0.792. The molecule has 1 spiro atoms. The highest BCUT2D eigenvalue weighted by molar-refractivity contribution is 6.35. The summed E-state index contributed by atoms with van der Waals surface area (Å²) >= 11 is 6.24. The summed E-state index contributed by atoms with van der Waals surface area (Å²) in [6.45, 7) is 0. The minimum Gasteiger partial charge on any atom is -0.369 e. The minimum absolute atomic E-state index is 0.0801. The van der Waals surface area contributed by atoms with E-state index >= 15 is 0 Å². The molecule has 0 amide bonds. The summed E-state index contributed by atoms with van der Waals surface area (Å²) in [6, 6.07) is 10.6. The number of nitrogens with zero attached hydrogens (tertiary/aromatic N) is 4. The number of carbonyl (C=O) groups is 1. The molecular weight excluding hydrogens is 420 g/mol. The molecule has 0 atom stereocenters. The first-order valence-corrected chi connectivity index (χ1v) is 10.3. The number of halogens is 1. The van der Waals surface area contributed by atoms with E-state index in [1.165, 1.54) is 18.2 Å². The van der Waals surface area contributed by atoms with Crippen molar-refractivity contribution in [1.29, 1.82) is 0 Å². The van der Waals surface area contributed by atoms with Crippen LogP contribution in [-0.4, -0.2) is 28.3 Å². The Morgan fingerprint density at radius 2 is 1.81 bits per heavy atom. The fourth-order valence-corrected chi connectivity index (χ4v) is 4.50. The normalized spacial score (nSPS) is 17.8. The predicted molar refractivity (Wildman–Crippen MR) is 120 cm³/mol. The van der Waals surface area contributed by atoms with E-state index in [0.29, 0.717) is 18.5 Å². The van der Waals surface area contributed by atoms with Crippen LogP contribution in [0.1, 0.15) is 48.0 Å². The molecule has 1 aliphatic heterocycles. The number of guanidine groups is 2. The van der Waals surface area contributed by atoms with E-state index < -0.39 is 16.4 Å². The number of benzene rings is 2. The van der Waals surface area contributed by atoms with E-state index in [9.17, 15) is 14.9 Å². The Balaban J connectivity index is 1.92. The highest BCUT2D eigenvalue weighted by Crippen LogP contribution is 2.42. The van der Waals surface area contributed by atoms with Crippen molar-refractivity contribution < 1.29 is 9.72 Å². The number of hydrogen-bond donors (Lipinski definition) is 2. The summed E-state index contributed by atoms with van der Waals surface area (Å²) in [6.07, 6.45) is 4.19. The molecule has 4 N–H and O–H groups in total. The van der Waals surface area contributed by atoms with Gasteiger partial charge in [-0.05, 0) is 43.9 Å². The molecule has 160 valence electrons. The van der Waals surface area contributed by atoms with Gasteiger partial charge in [0.1, 0.15) is 5.66 Å². The van der Waals surface area contributed by atoms with Gasteiger partial charge in [-0.25, -0.2) is 4.99 Å². The standard InChI is InChI=1S/C21H21ClN6O3/c22-16-7-3-2-6-14(16)18(29)15-12-13(28(30)31)8-9-17(15)27-20(24)25-19(23)26-21(27)10-4-1-5-11-21/h2-3,6-9,12H,1,4-5,10-11H2,(H4,23,24,25,26). The van der Waals surface area contributed by atoms with Gasteiger partial charge in [0, 0.05) is 17.7 Å². The Kier molecular flexibility index (Phi) is 5.36. The van der Waals surface area contributed by atoms with Crippen LogP contribution >= 0.6 is 11.6 Å². The number of non-ortho nitro benzene ring substituents is 1. The smallest absolute Gasteiger partial charge is 0.270 e. The van der Waals surface area contributed by atoms with Gasteiger partial charge in [-0.2, -0.15) is 4.99 Å². The zero-order chi connectivity index (χ0) is 22.2. The summed E-state index contributed by atoms with van der Waals surface area (Å²) in [5.74, 6) is -0.279. The molecule has 0 bridgehead atoms. The molecule has 1 saturated carbocycles. The summed E-state index contributed by atoms with van der Waals surface area (Å²) in [5, 5.41) is 11.7. The molecule has 4 rings (SSSR count). The second kappa shape index (κ2) is 7.99. The average molecular weight is 441 g/mol. The van der Waals surface area contributed by atoms with Crippen molar-refractivity contribution in [2.45, 2.75) is 37.8 Å². The van der Waals surface area contributed by atoms with Crippen LogP contribution in [0, 0.1) is 10.1 Å². The summed E-state index contributed by atoms with van der Waals surface area (Å²) < 4.78 is 0. The van der Waals surface area contributed by atoms with Crippen LogP contribution in [0.2, 0.25) is 5.02 Å². The fourth-order valence-electron chi connectivity index (χ4n) is 4.27. The predicted octanol–water partition coefficient (Wildman–Crippen LogP) is 3.59. The van der Waals surface area contributed by atoms with Gasteiger partial charge < -0.3 is 11.5 Å². The van der Waals surface area contributed by atoms with Crippen LogP contribution < -0.4 is 16.4 Å². The van der Waals surface area contributed by atoms with Crippen molar-refractivity contribution in [1.82, 2.24) is 0 Å². The van der Waals surface area contributed by atoms with Crippen LogP contribution in [0.25, 0.3) is 0 Å². The van der Waals surface area contributed by atoms with E-state index in [2.05, 4.69) is 9.98 Å². The number of nitro groups is 1. The van der Waals surface area contributed by atoms with Gasteiger partial charge in [0.05, 0.1) is 21.2 Å². The first-order valence-electron chi connectivity index (χ1n) is 9.90. The van der Waals surface area contributed by atoms with Crippen molar-refractivity contribution in [3.63, 3.8) is 0 Å². The van der Waals surface area contributed by atoms with Gasteiger partial charge in [0.15, 0.2) is 5.78 Å². The van der Waals surface area contributed by atoms with E-state index in [1.807, 2.05) is 0 Å². The number of nitrogens with two attached hydrogens (primary N) is 2. The zero-order valence-corrected chi connectivity index (χ0v) is 17.4. The molecule has 1 aliphatic carbocycles. The molecule has 1 fully saturated rings. The quantitative estimate of drug-likeness (QED) is 0.423. The van der Waals surface area contributed by atoms with Crippen LogP contribution in [-0.2, 0) is 0 Å². The Morgan fingerprint density at radius 3 is 2.48 bits per heavy atom. The van der Waals surface area contributed by atoms with Crippen molar-refractivity contribution in [2.24, 2.45) is 21.5 Å². The Hall–Kier alpha value is -3.46. The number of carbonyl (C=O) groups excluding carboxylic acids is 1. The molecule has 31 heavy (non-hydrogen) atoms. The Morgan fingerprint density at radius 1 is 1.10 bits per heavy atom. The lowest BCUT2D eigenvalue weighted by Gasteiger charge is -2.46. The second-order valence-electron chi connectivity index (χ2n) is 7.59. The number of anilines is 1. The number of ketones is 1. The summed E-state index contributed by atoms with van der Waals surface area (Å²) in [4.78, 5) is 34.8. The van der Waals surface area contributed by atoms with Gasteiger partial charge in [-0.1, -0.05) is 30.2 Å². The van der Waals surface area contributed by atoms with Gasteiger partial charge in [0.2, 0.25) is 11.9 Å². The SMILES string of the molecule is NC1=NC2(CCCCC2)N(c2ccc([N+](=O)[O-])cc2C(=O)c2ccccc2Cl)C(N)=N1. The molecule has 0 saturated heterocycles. The highest BCUT2D eigenvalue weighted by Gasteiger charge is 2.44. The van der Waals surface area contributed by atoms with E-state index in [1.54, 1.807) is 29.2 Å². The number of rotatable bonds is 4. The monoisotopic (exact) mass is 440 g/mol. The number of hydrogen-bond acceptors (Lipinski definition) is 8. The lowest BCUT2D eigenvalue weighted by molar-refractivity contribution is -0.384. The summed E-state index contributed by atoms with van der Waals surface area (Å²) in [7, 11) is 0. The van der Waals surface area contributed by atoms with Crippen molar-refractivity contribution in [3.8, 4) is 0 Å². The number of aliphatic imine (C=N–C) groups is 2. The zero-order valence-electron chi connectivity index (χ0n) is 16.6. The molecule has 9 nitrogen and oxygen atoms in total. The highest BCUT2D eigenvalue weighted by atomic mass is 35.5. The molecule has 10 heteroatoms. The summed E-state index contributed by atoms with van der Waals surface area (Å²) in [5.41, 5.74) is 11.9. The van der Waals surface area contributed by atoms with Crippen LogP contribution in [0.15, 0.2) is 52.4 Å². The molecular formula is C21H21ClN6O3. The van der Waals surface area contributed by atoms with Crippen LogP contribution in [0.5, 0.6) is 0 Å². The molecule has 1 heterocycles. The maximum Gasteiger partial charge on any atom is 0.270 e. The third-order valence-corrected chi connectivity index (χ3v) is 5.98. The molecule has 2 aromatic carbocycles. The lowest BCUT2D eigenvalue weighted by Crippen LogP contribution is -2.58. The fraction of sp³-hybridized carbons (Fsp3) is 0.286. The van der Waals surface area contributed by atoms with Crippen molar-refractivity contribution in [3.05, 3.63) is 68.7 Å². The molecule has 0 unspecified atom stereocenters. The molecule has 0 aromatic heterocycles. The largest absolute Gasteiger partial charge is 0.369 e. The van der Waals surface area contributed by atoms with Crippen LogP contribution in [0.3, 0.4) is 0 Å². The maximum absolute atomic E-state index is 13.5. The third-order valence-electron chi connectivity index (χ3n) is 5.65. The van der Waals surface area contributed by atoms with Gasteiger partial charge in [0.25, 0.3) is 5.69 Å². The van der Waals surface area contributed by atoms with Crippen LogP contribution in [0.4, 0.5) is 11.4 Å². The average Bonchev–Trinajstić information content (AvgIpc) is 2.73. The molecule has 0 radical (unpaired) electrons. The Labute approximate surface area is 183 Å². The first kappa shape index (κ1) is 20.8. The topological polar surface area (TPSA) is 140 Å². The van der Waals surface area contributed by atoms with Gasteiger partial charge in [-0.15, -0.1) is 0 Å². The maximum atomic E-state index is 13.5. The van der Waals surface area contributed by atoms with Gasteiger partial charge >= 0.3 is 0 Å². The van der Waals surface area contributed by atoms with Crippen molar-refractivity contribution in [2.75, 3.05) is 4.90 Å². The Bertz CT molecular complexity index is 1120. The number of nitro benzene ring substituents is 1. The van der Waals surface area contributed by atoms with E-state index in [-0.39, 0.29) is 33.8 Å². The van der Waals surface area contributed by atoms with Gasteiger partial charge in [-0.3, -0.25) is 19.8 Å². The van der Waals surface area contributed by atoms with E-state index in [4.69, 9.17) is 23.1 Å². The first-order chi connectivity index (χ1) is 14.8. The van der Waals surface area contributed by atoms with E-state index in [0.717, 1.165) is 19.3 Å². The lowest BCUT2D eigenvalue weighted by atomic mass is 9.86.